The molecule has 2 aromatic carbocycles. The summed E-state index contributed by atoms with van der Waals surface area (Å²) in [6, 6.07) is 16.6. The summed E-state index contributed by atoms with van der Waals surface area (Å²) in [6.07, 6.45) is 1.02. The van der Waals surface area contributed by atoms with E-state index < -0.39 is 0 Å². The van der Waals surface area contributed by atoms with Gasteiger partial charge in [0.25, 0.3) is 0 Å². The molecule has 0 saturated carbocycles. The van der Waals surface area contributed by atoms with Crippen LogP contribution in [0.2, 0.25) is 5.02 Å². The van der Waals surface area contributed by atoms with Crippen LogP contribution in [0.15, 0.2) is 53.0 Å². The van der Waals surface area contributed by atoms with Gasteiger partial charge >= 0.3 is 0 Å². The van der Waals surface area contributed by atoms with Crippen LogP contribution in [0, 0.1) is 0 Å². The smallest absolute Gasteiger partial charge is 0.0406 e. The first-order chi connectivity index (χ1) is 9.19. The summed E-state index contributed by atoms with van der Waals surface area (Å²) in [5.41, 5.74) is 2.66. The first-order valence-electron chi connectivity index (χ1n) is 6.33. The number of halogens is 2. The molecule has 0 radical (unpaired) electrons. The Bertz CT molecular complexity index is 525. The number of benzene rings is 2. The van der Waals surface area contributed by atoms with E-state index in [-0.39, 0.29) is 0 Å². The van der Waals surface area contributed by atoms with Crippen LogP contribution in [0.4, 0.5) is 0 Å². The van der Waals surface area contributed by atoms with Gasteiger partial charge in [-0.15, -0.1) is 0 Å². The zero-order chi connectivity index (χ0) is 13.7. The van der Waals surface area contributed by atoms with E-state index in [0.717, 1.165) is 22.5 Å². The first-order valence-corrected chi connectivity index (χ1v) is 7.50. The summed E-state index contributed by atoms with van der Waals surface area (Å²) in [5, 5.41) is 4.06. The molecular formula is C16H17BrClN. The van der Waals surface area contributed by atoms with Crippen LogP contribution in [0.1, 0.15) is 17.0 Å². The van der Waals surface area contributed by atoms with Crippen molar-refractivity contribution in [2.45, 2.75) is 12.3 Å². The van der Waals surface area contributed by atoms with Crippen LogP contribution in [0.5, 0.6) is 0 Å². The predicted octanol–water partition coefficient (Wildman–Crippen LogP) is 4.65. The fourth-order valence-electron chi connectivity index (χ4n) is 2.24. The standard InChI is InChI=1S/C16H17BrClN/c1-19-11-14(13-5-7-16(18)8-6-13)9-12-3-2-4-15(17)10-12/h2-8,10,14,19H,9,11H2,1H3. The van der Waals surface area contributed by atoms with E-state index in [4.69, 9.17) is 11.6 Å². The Morgan fingerprint density at radius 3 is 2.53 bits per heavy atom. The summed E-state index contributed by atoms with van der Waals surface area (Å²) >= 11 is 9.48. The van der Waals surface area contributed by atoms with Gasteiger partial charge in [0, 0.05) is 22.0 Å². The molecule has 0 saturated heterocycles. The molecule has 19 heavy (non-hydrogen) atoms. The lowest BCUT2D eigenvalue weighted by molar-refractivity contribution is 0.625. The summed E-state index contributed by atoms with van der Waals surface area (Å²) in [4.78, 5) is 0. The van der Waals surface area contributed by atoms with Crippen LogP contribution >= 0.6 is 27.5 Å². The second-order valence-corrected chi connectivity index (χ2v) is 5.99. The third kappa shape index (κ3) is 4.34. The molecule has 1 unspecified atom stereocenters. The van der Waals surface area contributed by atoms with Crippen LogP contribution in [0.25, 0.3) is 0 Å². The average Bonchev–Trinajstić information content (AvgIpc) is 2.39. The maximum Gasteiger partial charge on any atom is 0.0406 e. The van der Waals surface area contributed by atoms with Gasteiger partial charge in [0.15, 0.2) is 0 Å². The molecule has 2 rings (SSSR count). The Balaban J connectivity index is 2.18. The highest BCUT2D eigenvalue weighted by Gasteiger charge is 2.11. The molecule has 3 heteroatoms. The fraction of sp³-hybridized carbons (Fsp3) is 0.250. The number of nitrogens with one attached hydrogen (secondary N) is 1. The normalized spacial score (nSPS) is 12.4. The van der Waals surface area contributed by atoms with Gasteiger partial charge in [-0.2, -0.15) is 0 Å². The molecule has 0 aliphatic heterocycles. The molecule has 100 valence electrons. The minimum atomic E-state index is 0.455. The highest BCUT2D eigenvalue weighted by molar-refractivity contribution is 9.10. The van der Waals surface area contributed by atoms with E-state index in [1.807, 2.05) is 19.2 Å². The molecule has 1 N–H and O–H groups in total. The molecule has 0 fully saturated rings. The molecule has 1 nitrogen and oxygen atoms in total. The summed E-state index contributed by atoms with van der Waals surface area (Å²) in [5.74, 6) is 0.455. The van der Waals surface area contributed by atoms with Gasteiger partial charge in [0.2, 0.25) is 0 Å². The Morgan fingerprint density at radius 2 is 1.89 bits per heavy atom. The second kappa shape index (κ2) is 7.09. The molecule has 0 spiro atoms. The van der Waals surface area contributed by atoms with E-state index in [2.05, 4.69) is 57.6 Å². The van der Waals surface area contributed by atoms with Gasteiger partial charge in [-0.1, -0.05) is 51.8 Å². The quantitative estimate of drug-likeness (QED) is 0.837. The zero-order valence-corrected chi connectivity index (χ0v) is 13.2. The Labute approximate surface area is 128 Å². The Hall–Kier alpha value is -0.830. The number of likely N-dealkylation sites (N-methyl/N-ethyl adjacent to an activating group) is 1. The predicted molar refractivity (Wildman–Crippen MR) is 86.0 cm³/mol. The van der Waals surface area contributed by atoms with Gasteiger partial charge in [0.1, 0.15) is 0 Å². The van der Waals surface area contributed by atoms with Crippen molar-refractivity contribution < 1.29 is 0 Å². The second-order valence-electron chi connectivity index (χ2n) is 4.64. The monoisotopic (exact) mass is 337 g/mol. The minimum absolute atomic E-state index is 0.455. The molecule has 0 aromatic heterocycles. The molecule has 0 aliphatic carbocycles. The van der Waals surface area contributed by atoms with Crippen molar-refractivity contribution in [1.82, 2.24) is 5.32 Å². The van der Waals surface area contributed by atoms with Crippen LogP contribution in [-0.2, 0) is 6.42 Å². The highest BCUT2D eigenvalue weighted by atomic mass is 79.9. The van der Waals surface area contributed by atoms with E-state index >= 15 is 0 Å². The van der Waals surface area contributed by atoms with E-state index in [9.17, 15) is 0 Å². The maximum atomic E-state index is 5.95. The third-order valence-electron chi connectivity index (χ3n) is 3.16. The molecule has 0 bridgehead atoms. The van der Waals surface area contributed by atoms with Gasteiger partial charge in [-0.3, -0.25) is 0 Å². The number of hydrogen-bond donors (Lipinski definition) is 1. The molecule has 0 heterocycles. The van der Waals surface area contributed by atoms with Gasteiger partial charge in [-0.25, -0.2) is 0 Å². The van der Waals surface area contributed by atoms with Crippen molar-refractivity contribution in [3.8, 4) is 0 Å². The molecular weight excluding hydrogens is 322 g/mol. The van der Waals surface area contributed by atoms with Crippen molar-refractivity contribution in [1.29, 1.82) is 0 Å². The lowest BCUT2D eigenvalue weighted by Gasteiger charge is -2.17. The van der Waals surface area contributed by atoms with E-state index in [1.54, 1.807) is 0 Å². The van der Waals surface area contributed by atoms with Gasteiger partial charge < -0.3 is 5.32 Å². The first kappa shape index (κ1) is 14.6. The van der Waals surface area contributed by atoms with E-state index in [1.165, 1.54) is 11.1 Å². The fourth-order valence-corrected chi connectivity index (χ4v) is 2.81. The number of rotatable bonds is 5. The largest absolute Gasteiger partial charge is 0.319 e. The average molecular weight is 339 g/mol. The van der Waals surface area contributed by atoms with Gasteiger partial charge in [0.05, 0.1) is 0 Å². The zero-order valence-electron chi connectivity index (χ0n) is 10.9. The van der Waals surface area contributed by atoms with Crippen molar-refractivity contribution >= 4 is 27.5 Å². The molecule has 2 aromatic rings. The molecule has 1 atom stereocenters. The number of hydrogen-bond acceptors (Lipinski definition) is 1. The lowest BCUT2D eigenvalue weighted by atomic mass is 9.92. The van der Waals surface area contributed by atoms with Crippen LogP contribution in [-0.4, -0.2) is 13.6 Å². The highest BCUT2D eigenvalue weighted by Crippen LogP contribution is 2.23. The third-order valence-corrected chi connectivity index (χ3v) is 3.91. The maximum absolute atomic E-state index is 5.95. The SMILES string of the molecule is CNCC(Cc1cccc(Br)c1)c1ccc(Cl)cc1. The summed E-state index contributed by atoms with van der Waals surface area (Å²) in [6.45, 7) is 0.953. The molecule has 0 amide bonds. The van der Waals surface area contributed by atoms with Crippen molar-refractivity contribution in [3.63, 3.8) is 0 Å². The summed E-state index contributed by atoms with van der Waals surface area (Å²) < 4.78 is 1.13. The Morgan fingerprint density at radius 1 is 1.16 bits per heavy atom. The van der Waals surface area contributed by atoms with Gasteiger partial charge in [-0.05, 0) is 48.9 Å². The van der Waals surface area contributed by atoms with Crippen LogP contribution < -0.4 is 5.32 Å². The van der Waals surface area contributed by atoms with Crippen LogP contribution in [0.3, 0.4) is 0 Å². The molecule has 0 aliphatic rings. The lowest BCUT2D eigenvalue weighted by Crippen LogP contribution is -2.19. The minimum Gasteiger partial charge on any atom is -0.319 e. The topological polar surface area (TPSA) is 12.0 Å². The van der Waals surface area contributed by atoms with Crippen molar-refractivity contribution in [2.75, 3.05) is 13.6 Å². The Kier molecular flexibility index (Phi) is 5.44. The van der Waals surface area contributed by atoms with Crippen molar-refractivity contribution in [2.24, 2.45) is 0 Å². The van der Waals surface area contributed by atoms with Crippen molar-refractivity contribution in [3.05, 3.63) is 69.2 Å². The van der Waals surface area contributed by atoms with E-state index in [0.29, 0.717) is 5.92 Å². The summed E-state index contributed by atoms with van der Waals surface area (Å²) in [7, 11) is 1.99.